The van der Waals surface area contributed by atoms with Crippen molar-refractivity contribution < 1.29 is 14.2 Å². The standard InChI is InChI=1S/C16H24FNO2/c1-12(11-18(9-10-20-2)13-7-8-13)16(19)14-5-3-4-6-15(14)17/h3-6,12-13,16,19H,7-11H2,1-2H3. The summed E-state index contributed by atoms with van der Waals surface area (Å²) in [5, 5.41) is 10.3. The molecular formula is C16H24FNO2. The molecule has 0 bridgehead atoms. The Hall–Kier alpha value is -0.970. The van der Waals surface area contributed by atoms with Crippen molar-refractivity contribution in [1.82, 2.24) is 4.90 Å². The first-order valence-corrected chi connectivity index (χ1v) is 7.29. The normalized spacial score (nSPS) is 18.2. The van der Waals surface area contributed by atoms with Crippen LogP contribution in [0.4, 0.5) is 4.39 Å². The van der Waals surface area contributed by atoms with Gasteiger partial charge in [0.15, 0.2) is 0 Å². The average Bonchev–Trinajstić information content (AvgIpc) is 3.27. The lowest BCUT2D eigenvalue weighted by molar-refractivity contribution is 0.0708. The van der Waals surface area contributed by atoms with E-state index >= 15 is 0 Å². The van der Waals surface area contributed by atoms with Crippen molar-refractivity contribution in [3.05, 3.63) is 35.6 Å². The van der Waals surface area contributed by atoms with Crippen molar-refractivity contribution in [3.8, 4) is 0 Å². The molecule has 2 unspecified atom stereocenters. The SMILES string of the molecule is COCCN(CC(C)C(O)c1ccccc1F)C1CC1. The Labute approximate surface area is 120 Å². The van der Waals surface area contributed by atoms with Gasteiger partial charge in [0, 0.05) is 31.8 Å². The predicted octanol–water partition coefficient (Wildman–Crippen LogP) is 2.61. The number of aliphatic hydroxyl groups excluding tert-OH is 1. The van der Waals surface area contributed by atoms with Gasteiger partial charge in [-0.1, -0.05) is 25.1 Å². The zero-order chi connectivity index (χ0) is 14.5. The quantitative estimate of drug-likeness (QED) is 0.795. The molecule has 0 aromatic heterocycles. The highest BCUT2D eigenvalue weighted by atomic mass is 19.1. The molecule has 1 aliphatic carbocycles. The highest BCUT2D eigenvalue weighted by Gasteiger charge is 2.31. The number of rotatable bonds is 8. The Morgan fingerprint density at radius 1 is 1.40 bits per heavy atom. The smallest absolute Gasteiger partial charge is 0.129 e. The number of methoxy groups -OCH3 is 1. The summed E-state index contributed by atoms with van der Waals surface area (Å²) < 4.78 is 18.8. The second kappa shape index (κ2) is 7.16. The Balaban J connectivity index is 1.95. The molecule has 1 aromatic rings. The number of ether oxygens (including phenoxy) is 1. The largest absolute Gasteiger partial charge is 0.388 e. The van der Waals surface area contributed by atoms with Crippen molar-refractivity contribution in [2.75, 3.05) is 26.8 Å². The molecule has 112 valence electrons. The molecule has 1 fully saturated rings. The van der Waals surface area contributed by atoms with E-state index in [0.717, 1.165) is 13.1 Å². The Kier molecular flexibility index (Phi) is 5.52. The van der Waals surface area contributed by atoms with Gasteiger partial charge in [0.25, 0.3) is 0 Å². The summed E-state index contributed by atoms with van der Waals surface area (Å²) in [5.74, 6) is -0.342. The molecule has 0 amide bonds. The molecule has 0 spiro atoms. The van der Waals surface area contributed by atoms with Gasteiger partial charge < -0.3 is 9.84 Å². The van der Waals surface area contributed by atoms with Gasteiger partial charge in [-0.25, -0.2) is 4.39 Å². The van der Waals surface area contributed by atoms with Gasteiger partial charge in [-0.3, -0.25) is 4.90 Å². The number of halogens is 1. The molecule has 0 saturated heterocycles. The van der Waals surface area contributed by atoms with E-state index in [1.807, 2.05) is 6.92 Å². The van der Waals surface area contributed by atoms with Crippen LogP contribution in [0, 0.1) is 11.7 Å². The van der Waals surface area contributed by atoms with Gasteiger partial charge in [-0.15, -0.1) is 0 Å². The van der Waals surface area contributed by atoms with Gasteiger partial charge >= 0.3 is 0 Å². The lowest BCUT2D eigenvalue weighted by Gasteiger charge is -2.28. The molecule has 2 rings (SSSR count). The fourth-order valence-corrected chi connectivity index (χ4v) is 2.56. The predicted molar refractivity (Wildman–Crippen MR) is 77.0 cm³/mol. The Morgan fingerprint density at radius 3 is 2.70 bits per heavy atom. The molecule has 1 saturated carbocycles. The highest BCUT2D eigenvalue weighted by Crippen LogP contribution is 2.30. The fraction of sp³-hybridized carbons (Fsp3) is 0.625. The summed E-state index contributed by atoms with van der Waals surface area (Å²) in [4.78, 5) is 2.35. The van der Waals surface area contributed by atoms with E-state index in [4.69, 9.17) is 4.74 Å². The molecule has 0 aliphatic heterocycles. The van der Waals surface area contributed by atoms with Crippen LogP contribution in [0.1, 0.15) is 31.4 Å². The molecule has 0 radical (unpaired) electrons. The number of hydrogen-bond donors (Lipinski definition) is 1. The van der Waals surface area contributed by atoms with E-state index in [-0.39, 0.29) is 11.7 Å². The lowest BCUT2D eigenvalue weighted by atomic mass is 9.96. The lowest BCUT2D eigenvalue weighted by Crippen LogP contribution is -2.35. The third-order valence-corrected chi connectivity index (χ3v) is 3.93. The Bertz CT molecular complexity index is 423. The van der Waals surface area contributed by atoms with Crippen molar-refractivity contribution in [2.24, 2.45) is 5.92 Å². The van der Waals surface area contributed by atoms with Crippen molar-refractivity contribution in [2.45, 2.75) is 31.9 Å². The Morgan fingerprint density at radius 2 is 2.10 bits per heavy atom. The van der Waals surface area contributed by atoms with Gasteiger partial charge in [-0.05, 0) is 24.8 Å². The van der Waals surface area contributed by atoms with Gasteiger partial charge in [0.1, 0.15) is 5.82 Å². The summed E-state index contributed by atoms with van der Waals surface area (Å²) in [6, 6.07) is 7.08. The minimum atomic E-state index is -0.764. The third-order valence-electron chi connectivity index (χ3n) is 3.93. The van der Waals surface area contributed by atoms with Crippen LogP contribution in [0.15, 0.2) is 24.3 Å². The summed E-state index contributed by atoms with van der Waals surface area (Å²) in [6.45, 7) is 4.30. The number of aliphatic hydroxyl groups is 1. The van der Waals surface area contributed by atoms with Crippen molar-refractivity contribution >= 4 is 0 Å². The fourth-order valence-electron chi connectivity index (χ4n) is 2.56. The molecule has 20 heavy (non-hydrogen) atoms. The van der Waals surface area contributed by atoms with Crippen LogP contribution in [0.2, 0.25) is 0 Å². The second-order valence-electron chi connectivity index (χ2n) is 5.66. The second-order valence-corrected chi connectivity index (χ2v) is 5.66. The first kappa shape index (κ1) is 15.4. The van der Waals surface area contributed by atoms with Crippen LogP contribution >= 0.6 is 0 Å². The van der Waals surface area contributed by atoms with E-state index in [2.05, 4.69) is 4.90 Å². The van der Waals surface area contributed by atoms with Gasteiger partial charge in [0.2, 0.25) is 0 Å². The van der Waals surface area contributed by atoms with Crippen molar-refractivity contribution in [1.29, 1.82) is 0 Å². The van der Waals surface area contributed by atoms with E-state index in [1.165, 1.54) is 18.9 Å². The van der Waals surface area contributed by atoms with Crippen LogP contribution < -0.4 is 0 Å². The maximum Gasteiger partial charge on any atom is 0.129 e. The minimum Gasteiger partial charge on any atom is -0.388 e. The molecular weight excluding hydrogens is 257 g/mol. The molecule has 4 heteroatoms. The number of hydrogen-bond acceptors (Lipinski definition) is 3. The van der Waals surface area contributed by atoms with E-state index in [9.17, 15) is 9.50 Å². The zero-order valence-corrected chi connectivity index (χ0v) is 12.3. The molecule has 2 atom stereocenters. The first-order valence-electron chi connectivity index (χ1n) is 7.29. The summed E-state index contributed by atoms with van der Waals surface area (Å²) in [7, 11) is 1.70. The number of benzene rings is 1. The summed E-state index contributed by atoms with van der Waals surface area (Å²) in [6.07, 6.45) is 1.67. The monoisotopic (exact) mass is 281 g/mol. The summed E-state index contributed by atoms with van der Waals surface area (Å²) >= 11 is 0. The zero-order valence-electron chi connectivity index (χ0n) is 12.3. The van der Waals surface area contributed by atoms with Crippen LogP contribution in [0.5, 0.6) is 0 Å². The first-order chi connectivity index (χ1) is 9.63. The highest BCUT2D eigenvalue weighted by molar-refractivity contribution is 5.20. The minimum absolute atomic E-state index is 0.00986. The maximum atomic E-state index is 13.7. The average molecular weight is 281 g/mol. The van der Waals surface area contributed by atoms with Crippen LogP contribution in [0.3, 0.4) is 0 Å². The number of nitrogens with zero attached hydrogens (tertiary/aromatic N) is 1. The van der Waals surface area contributed by atoms with E-state index < -0.39 is 6.10 Å². The molecule has 1 N–H and O–H groups in total. The molecule has 1 aromatic carbocycles. The topological polar surface area (TPSA) is 32.7 Å². The molecule has 0 heterocycles. The van der Waals surface area contributed by atoms with Gasteiger partial charge in [0.05, 0.1) is 12.7 Å². The summed E-state index contributed by atoms with van der Waals surface area (Å²) in [5.41, 5.74) is 0.391. The van der Waals surface area contributed by atoms with E-state index in [1.54, 1.807) is 25.3 Å². The van der Waals surface area contributed by atoms with Crippen LogP contribution in [0.25, 0.3) is 0 Å². The van der Waals surface area contributed by atoms with Crippen molar-refractivity contribution in [3.63, 3.8) is 0 Å². The van der Waals surface area contributed by atoms with E-state index in [0.29, 0.717) is 18.2 Å². The molecule has 1 aliphatic rings. The molecule has 3 nitrogen and oxygen atoms in total. The van der Waals surface area contributed by atoms with Crippen LogP contribution in [-0.2, 0) is 4.74 Å². The third kappa shape index (κ3) is 4.01. The van der Waals surface area contributed by atoms with Crippen LogP contribution in [-0.4, -0.2) is 42.9 Å². The van der Waals surface area contributed by atoms with Gasteiger partial charge in [-0.2, -0.15) is 0 Å². The maximum absolute atomic E-state index is 13.7.